The van der Waals surface area contributed by atoms with Crippen molar-refractivity contribution in [3.63, 3.8) is 0 Å². The summed E-state index contributed by atoms with van der Waals surface area (Å²) in [7, 11) is 0. The van der Waals surface area contributed by atoms with E-state index in [1.807, 2.05) is 38.1 Å². The Morgan fingerprint density at radius 3 is 1.68 bits per heavy atom. The number of para-hydroxylation sites is 3. The molecular formula is C57H59N3. The maximum Gasteiger partial charge on any atom is 0.0503 e. The van der Waals surface area contributed by atoms with Crippen LogP contribution in [0.3, 0.4) is 0 Å². The van der Waals surface area contributed by atoms with Gasteiger partial charge in [0.05, 0.1) is 17.1 Å². The summed E-state index contributed by atoms with van der Waals surface area (Å²) in [6.45, 7) is 26.0. The van der Waals surface area contributed by atoms with Crippen LogP contribution < -0.4 is 14.7 Å². The van der Waals surface area contributed by atoms with E-state index in [9.17, 15) is 0 Å². The van der Waals surface area contributed by atoms with E-state index in [1.54, 1.807) is 0 Å². The van der Waals surface area contributed by atoms with Crippen LogP contribution >= 0.6 is 0 Å². The van der Waals surface area contributed by atoms with Crippen molar-refractivity contribution in [2.75, 3.05) is 14.7 Å². The van der Waals surface area contributed by atoms with Gasteiger partial charge in [0, 0.05) is 45.0 Å². The van der Waals surface area contributed by atoms with Crippen molar-refractivity contribution in [3.8, 4) is 11.1 Å². The summed E-state index contributed by atoms with van der Waals surface area (Å²) in [4.78, 5) is 7.09. The summed E-state index contributed by atoms with van der Waals surface area (Å²) in [5.41, 5.74) is 17.5. The van der Waals surface area contributed by atoms with Crippen molar-refractivity contribution in [2.45, 2.75) is 72.6 Å². The monoisotopic (exact) mass is 785 g/mol. The summed E-state index contributed by atoms with van der Waals surface area (Å²) >= 11 is 0. The normalized spacial score (nSPS) is 16.2. The van der Waals surface area contributed by atoms with E-state index in [2.05, 4.69) is 221 Å². The molecule has 0 fully saturated rings. The molecular weight excluding hydrogens is 727 g/mol. The van der Waals surface area contributed by atoms with Gasteiger partial charge in [-0.1, -0.05) is 147 Å². The second kappa shape index (κ2) is 17.3. The van der Waals surface area contributed by atoms with E-state index in [-0.39, 0.29) is 10.8 Å². The van der Waals surface area contributed by atoms with Gasteiger partial charge in [-0.3, -0.25) is 0 Å². The number of fused-ring (bicyclic) bond motifs is 3. The molecule has 2 aliphatic heterocycles. The van der Waals surface area contributed by atoms with Crippen molar-refractivity contribution in [2.24, 2.45) is 0 Å². The molecule has 302 valence electrons. The number of hydrogen-bond donors (Lipinski definition) is 0. The Kier molecular flexibility index (Phi) is 12.0. The standard InChI is InChI=1S/C55H53N3.C2H6/c1-9-21-41(11-3)56(42-23-15-13-16-24-42)44-31-33-45(34-32-44)57-50(12-4)46(22-10-2)54(5,6)48-37-39(29-35-52(48)57)40-30-36-53-49(38-40)55(7,8)47-27-19-20-28-51(47)58(53)43-25-17-14-18-26-43;1-2/h9,11-38H,1,3,10H2,2,4-8H3;1-2H3/b41-21+,46-22+,50-12+;. The largest absolute Gasteiger partial charge is 0.311 e. The van der Waals surface area contributed by atoms with Crippen LogP contribution in [0.4, 0.5) is 39.8 Å². The molecule has 0 aromatic heterocycles. The molecule has 0 aliphatic carbocycles. The summed E-state index contributed by atoms with van der Waals surface area (Å²) in [6.07, 6.45) is 11.3. The van der Waals surface area contributed by atoms with Gasteiger partial charge in [-0.05, 0) is 138 Å². The van der Waals surface area contributed by atoms with Gasteiger partial charge >= 0.3 is 0 Å². The third kappa shape index (κ3) is 7.23. The zero-order valence-electron chi connectivity index (χ0n) is 36.7. The molecule has 0 spiro atoms. The van der Waals surface area contributed by atoms with E-state index >= 15 is 0 Å². The highest BCUT2D eigenvalue weighted by Gasteiger charge is 2.40. The van der Waals surface area contributed by atoms with Gasteiger partial charge in [0.2, 0.25) is 0 Å². The van der Waals surface area contributed by atoms with Crippen LogP contribution in [0.15, 0.2) is 206 Å². The van der Waals surface area contributed by atoms with Gasteiger partial charge in [-0.2, -0.15) is 0 Å². The minimum Gasteiger partial charge on any atom is -0.311 e. The molecule has 6 aromatic rings. The maximum atomic E-state index is 4.13. The average Bonchev–Trinajstić information content (AvgIpc) is 3.29. The van der Waals surface area contributed by atoms with E-state index < -0.39 is 0 Å². The molecule has 6 aromatic carbocycles. The first-order chi connectivity index (χ1) is 29.1. The second-order valence-corrected chi connectivity index (χ2v) is 16.2. The smallest absolute Gasteiger partial charge is 0.0503 e. The highest BCUT2D eigenvalue weighted by atomic mass is 15.2. The molecule has 0 atom stereocenters. The summed E-state index contributed by atoms with van der Waals surface area (Å²) in [5.74, 6) is 0. The fraction of sp³-hybridized carbons (Fsp3) is 0.193. The van der Waals surface area contributed by atoms with Crippen LogP contribution in [0.1, 0.15) is 78.5 Å². The first-order valence-electron chi connectivity index (χ1n) is 21.5. The Hall–Kier alpha value is -6.58. The molecule has 0 radical (unpaired) electrons. The summed E-state index contributed by atoms with van der Waals surface area (Å²) in [6, 6.07) is 53.1. The molecule has 0 bridgehead atoms. The van der Waals surface area contributed by atoms with Gasteiger partial charge in [0.15, 0.2) is 0 Å². The van der Waals surface area contributed by atoms with Gasteiger partial charge in [0.25, 0.3) is 0 Å². The van der Waals surface area contributed by atoms with Crippen LogP contribution in [-0.2, 0) is 10.8 Å². The zero-order valence-corrected chi connectivity index (χ0v) is 36.7. The van der Waals surface area contributed by atoms with Crippen LogP contribution in [0.25, 0.3) is 11.1 Å². The molecule has 3 nitrogen and oxygen atoms in total. The number of anilines is 7. The number of hydrogen-bond acceptors (Lipinski definition) is 3. The molecule has 60 heavy (non-hydrogen) atoms. The van der Waals surface area contributed by atoms with Crippen LogP contribution in [-0.4, -0.2) is 0 Å². The molecule has 0 amide bonds. The van der Waals surface area contributed by atoms with E-state index in [4.69, 9.17) is 0 Å². The Bertz CT molecular complexity index is 2590. The predicted molar refractivity (Wildman–Crippen MR) is 261 cm³/mol. The van der Waals surface area contributed by atoms with Crippen molar-refractivity contribution in [3.05, 3.63) is 223 Å². The molecule has 0 N–H and O–H groups in total. The molecule has 0 saturated heterocycles. The third-order valence-electron chi connectivity index (χ3n) is 12.0. The van der Waals surface area contributed by atoms with Crippen LogP contribution in [0, 0.1) is 0 Å². The highest BCUT2D eigenvalue weighted by Crippen LogP contribution is 2.54. The SMILES string of the molecule is C=C/C=C(\C=C)N(c1ccccc1)c1ccc(N2C(=C/C)/C(=C\CC)C(C)(C)c3cc(-c4ccc5c(c4)C(C)(C)c4ccccc4N5c4ccccc4)ccc32)cc1.CC. The van der Waals surface area contributed by atoms with Gasteiger partial charge in [-0.25, -0.2) is 0 Å². The van der Waals surface area contributed by atoms with E-state index in [1.165, 1.54) is 61.8 Å². The third-order valence-corrected chi connectivity index (χ3v) is 12.0. The molecule has 2 aliphatic rings. The number of rotatable bonds is 9. The van der Waals surface area contributed by atoms with E-state index in [0.717, 1.165) is 29.2 Å². The lowest BCUT2D eigenvalue weighted by atomic mass is 9.70. The molecule has 3 heteroatoms. The maximum absolute atomic E-state index is 4.13. The van der Waals surface area contributed by atoms with Crippen LogP contribution in [0.5, 0.6) is 0 Å². The van der Waals surface area contributed by atoms with Crippen molar-refractivity contribution in [1.82, 2.24) is 0 Å². The molecule has 0 saturated carbocycles. The molecule has 0 unspecified atom stereocenters. The summed E-state index contributed by atoms with van der Waals surface area (Å²) < 4.78 is 0. The minimum absolute atomic E-state index is 0.189. The average molecular weight is 786 g/mol. The number of allylic oxidation sites excluding steroid dienone is 6. The molecule has 2 heterocycles. The fourth-order valence-corrected chi connectivity index (χ4v) is 9.12. The first-order valence-corrected chi connectivity index (χ1v) is 21.5. The second-order valence-electron chi connectivity index (χ2n) is 16.2. The van der Waals surface area contributed by atoms with Crippen molar-refractivity contribution in [1.29, 1.82) is 0 Å². The number of benzene rings is 6. The van der Waals surface area contributed by atoms with Crippen LogP contribution in [0.2, 0.25) is 0 Å². The number of nitrogens with zero attached hydrogens (tertiary/aromatic N) is 3. The Balaban J connectivity index is 0.00000268. The highest BCUT2D eigenvalue weighted by molar-refractivity contribution is 5.89. The minimum atomic E-state index is -0.228. The van der Waals surface area contributed by atoms with Crippen molar-refractivity contribution < 1.29 is 0 Å². The Morgan fingerprint density at radius 2 is 1.10 bits per heavy atom. The van der Waals surface area contributed by atoms with E-state index in [0.29, 0.717) is 0 Å². The Labute approximate surface area is 359 Å². The summed E-state index contributed by atoms with van der Waals surface area (Å²) in [5, 5.41) is 0. The fourth-order valence-electron chi connectivity index (χ4n) is 9.12. The van der Waals surface area contributed by atoms with Gasteiger partial charge < -0.3 is 14.7 Å². The first kappa shape index (κ1) is 41.6. The zero-order chi connectivity index (χ0) is 42.6. The topological polar surface area (TPSA) is 9.72 Å². The lowest BCUT2D eigenvalue weighted by Crippen LogP contribution is -2.35. The van der Waals surface area contributed by atoms with Crippen molar-refractivity contribution >= 4 is 39.8 Å². The van der Waals surface area contributed by atoms with Gasteiger partial charge in [0.1, 0.15) is 0 Å². The molecule has 8 rings (SSSR count). The lowest BCUT2D eigenvalue weighted by molar-refractivity contribution is 0.609. The lowest BCUT2D eigenvalue weighted by Gasteiger charge is -2.45. The predicted octanol–water partition coefficient (Wildman–Crippen LogP) is 16.6. The van der Waals surface area contributed by atoms with Gasteiger partial charge in [-0.15, -0.1) is 0 Å². The Morgan fingerprint density at radius 1 is 0.583 bits per heavy atom. The quantitative estimate of drug-likeness (QED) is 0.135.